The van der Waals surface area contributed by atoms with Crippen molar-refractivity contribution >= 4 is 0 Å². The van der Waals surface area contributed by atoms with Crippen LogP contribution in [-0.4, -0.2) is 48.5 Å². The van der Waals surface area contributed by atoms with Gasteiger partial charge in [-0.05, 0) is 25.7 Å². The summed E-state index contributed by atoms with van der Waals surface area (Å²) in [5, 5.41) is 8.68. The first-order valence-electron chi connectivity index (χ1n) is 6.28. The summed E-state index contributed by atoms with van der Waals surface area (Å²) in [7, 11) is 0. The highest BCUT2D eigenvalue weighted by Gasteiger charge is 2.23. The van der Waals surface area contributed by atoms with Gasteiger partial charge in [-0.25, -0.2) is 0 Å². The van der Waals surface area contributed by atoms with E-state index < -0.39 is 0 Å². The van der Waals surface area contributed by atoms with Gasteiger partial charge in [0.15, 0.2) is 0 Å². The molecule has 3 heteroatoms. The Kier molecular flexibility index (Phi) is 6.22. The summed E-state index contributed by atoms with van der Waals surface area (Å²) in [6.07, 6.45) is 5.12. The zero-order chi connectivity index (χ0) is 11.1. The van der Waals surface area contributed by atoms with Gasteiger partial charge < -0.3 is 14.7 Å². The fraction of sp³-hybridized carbons (Fsp3) is 1.00. The highest BCUT2D eigenvalue weighted by atomic mass is 16.5. The molecule has 0 aromatic carbocycles. The summed E-state index contributed by atoms with van der Waals surface area (Å²) in [5.41, 5.74) is 0. The molecule has 0 atom stereocenters. The fourth-order valence-electron chi connectivity index (χ4n) is 2.43. The minimum atomic E-state index is 0.146. The summed E-state index contributed by atoms with van der Waals surface area (Å²) in [6, 6.07) is 0.754. The molecule has 0 amide bonds. The van der Waals surface area contributed by atoms with Gasteiger partial charge in [-0.2, -0.15) is 0 Å². The molecule has 0 aromatic rings. The Morgan fingerprint density at radius 1 is 1.27 bits per heavy atom. The second-order valence-electron chi connectivity index (χ2n) is 4.30. The monoisotopic (exact) mass is 215 g/mol. The Balaban J connectivity index is 2.22. The average Bonchev–Trinajstić information content (AvgIpc) is 2.29. The van der Waals surface area contributed by atoms with E-state index in [1.807, 2.05) is 0 Å². The number of piperidine rings is 1. The smallest absolute Gasteiger partial charge is 0.0701 e. The van der Waals surface area contributed by atoms with Crippen molar-refractivity contribution in [3.63, 3.8) is 0 Å². The minimum Gasteiger partial charge on any atom is -0.394 e. The molecule has 0 spiro atoms. The summed E-state index contributed by atoms with van der Waals surface area (Å²) in [6.45, 7) is 7.48. The van der Waals surface area contributed by atoms with Crippen molar-refractivity contribution in [2.24, 2.45) is 0 Å². The van der Waals surface area contributed by atoms with Crippen LogP contribution in [0.2, 0.25) is 0 Å². The van der Waals surface area contributed by atoms with Crippen molar-refractivity contribution < 1.29 is 9.84 Å². The van der Waals surface area contributed by atoms with Crippen LogP contribution in [0.25, 0.3) is 0 Å². The lowest BCUT2D eigenvalue weighted by molar-refractivity contribution is -0.0158. The molecule has 3 nitrogen and oxygen atoms in total. The number of rotatable bonds is 6. The molecule has 0 aliphatic carbocycles. The maximum absolute atomic E-state index is 8.68. The van der Waals surface area contributed by atoms with E-state index in [0.717, 1.165) is 32.0 Å². The highest BCUT2D eigenvalue weighted by Crippen LogP contribution is 2.18. The maximum Gasteiger partial charge on any atom is 0.0701 e. The Morgan fingerprint density at radius 2 is 1.87 bits per heavy atom. The van der Waals surface area contributed by atoms with Crippen LogP contribution >= 0.6 is 0 Å². The Hall–Kier alpha value is -0.120. The van der Waals surface area contributed by atoms with Crippen molar-refractivity contribution in [2.75, 3.05) is 26.3 Å². The van der Waals surface area contributed by atoms with Crippen LogP contribution in [0.15, 0.2) is 0 Å². The predicted molar refractivity (Wildman–Crippen MR) is 62.0 cm³/mol. The average molecular weight is 215 g/mol. The molecule has 1 fully saturated rings. The number of aliphatic hydroxyl groups is 1. The number of hydrogen-bond donors (Lipinski definition) is 1. The first-order chi connectivity index (χ1) is 7.31. The molecule has 90 valence electrons. The molecule has 1 N–H and O–H groups in total. The second kappa shape index (κ2) is 7.20. The van der Waals surface area contributed by atoms with E-state index >= 15 is 0 Å². The van der Waals surface area contributed by atoms with E-state index in [9.17, 15) is 0 Å². The normalized spacial score (nSPS) is 20.0. The molecule has 0 radical (unpaired) electrons. The quantitative estimate of drug-likeness (QED) is 0.731. The molecule has 0 aromatic heterocycles. The van der Waals surface area contributed by atoms with Crippen LogP contribution in [0, 0.1) is 0 Å². The van der Waals surface area contributed by atoms with Crippen LogP contribution in [0.5, 0.6) is 0 Å². The molecule has 1 aliphatic heterocycles. The third-order valence-corrected chi connectivity index (χ3v) is 3.38. The third-order valence-electron chi connectivity index (χ3n) is 3.38. The van der Waals surface area contributed by atoms with E-state index in [2.05, 4.69) is 18.7 Å². The van der Waals surface area contributed by atoms with Gasteiger partial charge in [0.1, 0.15) is 0 Å². The van der Waals surface area contributed by atoms with Crippen LogP contribution in [0.1, 0.15) is 39.5 Å². The molecular formula is C12H25NO2. The number of nitrogens with zero attached hydrogens (tertiary/aromatic N) is 1. The molecule has 1 saturated heterocycles. The zero-order valence-corrected chi connectivity index (χ0v) is 10.1. The standard InChI is InChI=1S/C12H25NO2/c1-3-11(4-2)13-7-5-12(6-8-13)15-10-9-14/h11-12,14H,3-10H2,1-2H3. The molecule has 0 bridgehead atoms. The summed E-state index contributed by atoms with van der Waals surface area (Å²) in [4.78, 5) is 2.58. The van der Waals surface area contributed by atoms with Crippen molar-refractivity contribution in [2.45, 2.75) is 51.7 Å². The second-order valence-corrected chi connectivity index (χ2v) is 4.30. The van der Waals surface area contributed by atoms with Gasteiger partial charge in [0.05, 0.1) is 19.3 Å². The van der Waals surface area contributed by atoms with Crippen molar-refractivity contribution in [1.82, 2.24) is 4.90 Å². The first-order valence-corrected chi connectivity index (χ1v) is 6.28. The molecule has 1 heterocycles. The van der Waals surface area contributed by atoms with E-state index in [1.54, 1.807) is 0 Å². The predicted octanol–water partition coefficient (Wildman–Crippen LogP) is 1.65. The molecule has 15 heavy (non-hydrogen) atoms. The number of aliphatic hydroxyl groups excluding tert-OH is 1. The van der Waals surface area contributed by atoms with Gasteiger partial charge in [0, 0.05) is 19.1 Å². The largest absolute Gasteiger partial charge is 0.394 e. The van der Waals surface area contributed by atoms with Gasteiger partial charge in [-0.15, -0.1) is 0 Å². The molecule has 1 rings (SSSR count). The maximum atomic E-state index is 8.68. The number of likely N-dealkylation sites (tertiary alicyclic amines) is 1. The Bertz CT molecular complexity index is 152. The highest BCUT2D eigenvalue weighted by molar-refractivity contribution is 4.77. The Morgan fingerprint density at radius 3 is 2.33 bits per heavy atom. The fourth-order valence-corrected chi connectivity index (χ4v) is 2.43. The van der Waals surface area contributed by atoms with Crippen LogP contribution in [-0.2, 0) is 4.74 Å². The van der Waals surface area contributed by atoms with Gasteiger partial charge in [0.2, 0.25) is 0 Å². The SMILES string of the molecule is CCC(CC)N1CCC(OCCO)CC1. The van der Waals surface area contributed by atoms with Gasteiger partial charge in [-0.3, -0.25) is 0 Å². The van der Waals surface area contributed by atoms with E-state index in [1.165, 1.54) is 12.8 Å². The van der Waals surface area contributed by atoms with Gasteiger partial charge >= 0.3 is 0 Å². The molecule has 0 unspecified atom stereocenters. The van der Waals surface area contributed by atoms with Crippen molar-refractivity contribution in [3.05, 3.63) is 0 Å². The van der Waals surface area contributed by atoms with Crippen LogP contribution < -0.4 is 0 Å². The number of hydrogen-bond acceptors (Lipinski definition) is 3. The van der Waals surface area contributed by atoms with E-state index in [4.69, 9.17) is 9.84 Å². The lowest BCUT2D eigenvalue weighted by Gasteiger charge is -2.36. The Labute approximate surface area is 93.4 Å². The zero-order valence-electron chi connectivity index (χ0n) is 10.1. The van der Waals surface area contributed by atoms with Crippen molar-refractivity contribution in [1.29, 1.82) is 0 Å². The van der Waals surface area contributed by atoms with Crippen LogP contribution in [0.3, 0.4) is 0 Å². The van der Waals surface area contributed by atoms with Gasteiger partial charge in [0.25, 0.3) is 0 Å². The van der Waals surface area contributed by atoms with Crippen LogP contribution in [0.4, 0.5) is 0 Å². The lowest BCUT2D eigenvalue weighted by Crippen LogP contribution is -2.43. The number of ether oxygens (including phenoxy) is 1. The summed E-state index contributed by atoms with van der Waals surface area (Å²) < 4.78 is 5.55. The van der Waals surface area contributed by atoms with E-state index in [0.29, 0.717) is 12.7 Å². The third kappa shape index (κ3) is 4.09. The molecule has 1 aliphatic rings. The first kappa shape index (κ1) is 12.9. The van der Waals surface area contributed by atoms with Crippen molar-refractivity contribution in [3.8, 4) is 0 Å². The lowest BCUT2D eigenvalue weighted by atomic mass is 10.0. The summed E-state index contributed by atoms with van der Waals surface area (Å²) >= 11 is 0. The minimum absolute atomic E-state index is 0.146. The van der Waals surface area contributed by atoms with E-state index in [-0.39, 0.29) is 6.61 Å². The summed E-state index contributed by atoms with van der Waals surface area (Å²) in [5.74, 6) is 0. The topological polar surface area (TPSA) is 32.7 Å². The van der Waals surface area contributed by atoms with Gasteiger partial charge in [-0.1, -0.05) is 13.8 Å². The molecule has 0 saturated carbocycles. The molecular weight excluding hydrogens is 190 g/mol.